The third-order valence-corrected chi connectivity index (χ3v) is 6.17. The van der Waals surface area contributed by atoms with Gasteiger partial charge in [0.15, 0.2) is 0 Å². The average Bonchev–Trinajstić information content (AvgIpc) is 3.27. The molecule has 7 heteroatoms. The predicted octanol–water partition coefficient (Wildman–Crippen LogP) is 3.32. The fourth-order valence-electron chi connectivity index (χ4n) is 4.04. The van der Waals surface area contributed by atoms with E-state index in [1.165, 1.54) is 0 Å². The van der Waals surface area contributed by atoms with Crippen LogP contribution in [0.4, 0.5) is 0 Å². The number of hydrogen-bond donors (Lipinski definition) is 1. The van der Waals surface area contributed by atoms with Crippen LogP contribution in [0.1, 0.15) is 29.3 Å². The third kappa shape index (κ3) is 4.02. The molecule has 0 radical (unpaired) electrons. The zero-order chi connectivity index (χ0) is 19.0. The molecule has 2 aliphatic heterocycles. The van der Waals surface area contributed by atoms with Gasteiger partial charge in [-0.1, -0.05) is 29.3 Å². The maximum atomic E-state index is 13.1. The number of aliphatic hydroxyl groups is 1. The molecule has 1 fully saturated rings. The van der Waals surface area contributed by atoms with Crippen molar-refractivity contribution in [2.24, 2.45) is 0 Å². The first-order valence-corrected chi connectivity index (χ1v) is 9.97. The highest BCUT2D eigenvalue weighted by Gasteiger charge is 2.35. The quantitative estimate of drug-likeness (QED) is 0.842. The number of furan rings is 1. The minimum Gasteiger partial charge on any atom is -0.469 e. The monoisotopic (exact) mass is 408 g/mol. The molecule has 2 aromatic rings. The third-order valence-electron chi connectivity index (χ3n) is 5.43. The van der Waals surface area contributed by atoms with E-state index in [9.17, 15) is 9.90 Å². The molecule has 3 heterocycles. The molecule has 0 bridgehead atoms. The second kappa shape index (κ2) is 7.84. The first kappa shape index (κ1) is 18.8. The van der Waals surface area contributed by atoms with Crippen molar-refractivity contribution in [3.8, 4) is 0 Å². The Morgan fingerprint density at radius 2 is 2.07 bits per heavy atom. The van der Waals surface area contributed by atoms with Gasteiger partial charge in [-0.15, -0.1) is 0 Å². The second-order valence-electron chi connectivity index (χ2n) is 7.28. The Labute approximate surface area is 168 Å². The van der Waals surface area contributed by atoms with Gasteiger partial charge in [-0.3, -0.25) is 9.69 Å². The number of rotatable bonds is 4. The smallest absolute Gasteiger partial charge is 0.227 e. The molecule has 1 amide bonds. The van der Waals surface area contributed by atoms with Gasteiger partial charge in [-0.2, -0.15) is 0 Å². The summed E-state index contributed by atoms with van der Waals surface area (Å²) in [5.41, 5.74) is 1.92. The van der Waals surface area contributed by atoms with Gasteiger partial charge in [-0.05, 0) is 30.2 Å². The Bertz CT molecular complexity index is 838. The van der Waals surface area contributed by atoms with E-state index in [0.29, 0.717) is 36.1 Å². The van der Waals surface area contributed by atoms with Crippen LogP contribution in [-0.4, -0.2) is 53.1 Å². The summed E-state index contributed by atoms with van der Waals surface area (Å²) < 4.78 is 5.61. The van der Waals surface area contributed by atoms with Crippen LogP contribution >= 0.6 is 23.2 Å². The van der Waals surface area contributed by atoms with Crippen LogP contribution < -0.4 is 0 Å². The standard InChI is InChI=1S/C20H22Cl2N2O3/c21-16-2-1-13(9-17(16)22)10-20(26)24-7-4-19-15(5-8-27-19)18(24)12-23-6-3-14(25)11-23/h1-2,5,8-9,14,18,25H,3-4,6-7,10-12H2/t14-,18+/m1/s1. The highest BCUT2D eigenvalue weighted by molar-refractivity contribution is 6.42. The van der Waals surface area contributed by atoms with Crippen molar-refractivity contribution in [2.75, 3.05) is 26.2 Å². The largest absolute Gasteiger partial charge is 0.469 e. The highest BCUT2D eigenvalue weighted by Crippen LogP contribution is 2.33. The number of likely N-dealkylation sites (tertiary alicyclic amines) is 1. The summed E-state index contributed by atoms with van der Waals surface area (Å²) in [6, 6.07) is 7.21. The molecular formula is C20H22Cl2N2O3. The van der Waals surface area contributed by atoms with Crippen LogP contribution in [0.25, 0.3) is 0 Å². The lowest BCUT2D eigenvalue weighted by Crippen LogP contribution is -2.45. The zero-order valence-electron chi connectivity index (χ0n) is 14.9. The number of carbonyl (C=O) groups is 1. The normalized spacial score (nSPS) is 22.9. The van der Waals surface area contributed by atoms with E-state index >= 15 is 0 Å². The lowest BCUT2D eigenvalue weighted by atomic mass is 9.97. The summed E-state index contributed by atoms with van der Waals surface area (Å²) in [6.07, 6.45) is 3.20. The number of halogens is 2. The molecule has 2 atom stereocenters. The Morgan fingerprint density at radius 3 is 2.81 bits per heavy atom. The molecule has 1 aromatic carbocycles. The molecule has 5 nitrogen and oxygen atoms in total. The van der Waals surface area contributed by atoms with Gasteiger partial charge < -0.3 is 14.4 Å². The topological polar surface area (TPSA) is 56.9 Å². The van der Waals surface area contributed by atoms with Crippen molar-refractivity contribution < 1.29 is 14.3 Å². The van der Waals surface area contributed by atoms with Gasteiger partial charge in [0.05, 0.1) is 34.9 Å². The Balaban J connectivity index is 1.53. The molecule has 0 spiro atoms. The summed E-state index contributed by atoms with van der Waals surface area (Å²) in [7, 11) is 0. The summed E-state index contributed by atoms with van der Waals surface area (Å²) in [5.74, 6) is 1.02. The SMILES string of the molecule is O=C(Cc1ccc(Cl)c(Cl)c1)N1CCc2occc2[C@@H]1CN1CC[C@@H](O)C1. The van der Waals surface area contributed by atoms with Gasteiger partial charge in [0.2, 0.25) is 5.91 Å². The van der Waals surface area contributed by atoms with Gasteiger partial charge >= 0.3 is 0 Å². The van der Waals surface area contributed by atoms with Gasteiger partial charge in [-0.25, -0.2) is 0 Å². The van der Waals surface area contributed by atoms with Gasteiger partial charge in [0.1, 0.15) is 5.76 Å². The van der Waals surface area contributed by atoms with E-state index in [0.717, 1.165) is 29.9 Å². The average molecular weight is 409 g/mol. The summed E-state index contributed by atoms with van der Waals surface area (Å²) >= 11 is 12.1. The number of nitrogens with zero attached hydrogens (tertiary/aromatic N) is 2. The number of benzene rings is 1. The van der Waals surface area contributed by atoms with Gasteiger partial charge in [0, 0.05) is 38.2 Å². The number of β-amino-alcohol motifs (C(OH)–C–C–N with tert-alkyl or cyclic N) is 1. The minimum absolute atomic E-state index is 0.0602. The molecule has 2 aliphatic rings. The van der Waals surface area contributed by atoms with Crippen molar-refractivity contribution in [1.82, 2.24) is 9.80 Å². The van der Waals surface area contributed by atoms with Gasteiger partial charge in [0.25, 0.3) is 0 Å². The summed E-state index contributed by atoms with van der Waals surface area (Å²) in [6.45, 7) is 2.83. The molecule has 0 aliphatic carbocycles. The fraction of sp³-hybridized carbons (Fsp3) is 0.450. The van der Waals surface area contributed by atoms with Crippen molar-refractivity contribution in [3.63, 3.8) is 0 Å². The molecule has 1 aromatic heterocycles. The first-order valence-electron chi connectivity index (χ1n) is 9.21. The van der Waals surface area contributed by atoms with Crippen LogP contribution in [0.2, 0.25) is 10.0 Å². The summed E-state index contributed by atoms with van der Waals surface area (Å²) in [4.78, 5) is 17.2. The Kier molecular flexibility index (Phi) is 5.46. The van der Waals surface area contributed by atoms with E-state index in [1.54, 1.807) is 18.4 Å². The lowest BCUT2D eigenvalue weighted by Gasteiger charge is -2.37. The van der Waals surface area contributed by atoms with Crippen LogP contribution in [0, 0.1) is 0 Å². The number of carbonyl (C=O) groups excluding carboxylic acids is 1. The lowest BCUT2D eigenvalue weighted by molar-refractivity contribution is -0.133. The minimum atomic E-state index is -0.280. The van der Waals surface area contributed by atoms with Crippen LogP contribution in [0.3, 0.4) is 0 Å². The number of amides is 1. The van der Waals surface area contributed by atoms with E-state index in [-0.39, 0.29) is 24.5 Å². The molecule has 4 rings (SSSR count). The predicted molar refractivity (Wildman–Crippen MR) is 104 cm³/mol. The maximum absolute atomic E-state index is 13.1. The van der Waals surface area contributed by atoms with Crippen molar-refractivity contribution in [3.05, 3.63) is 57.5 Å². The van der Waals surface area contributed by atoms with Crippen LogP contribution in [-0.2, 0) is 17.6 Å². The fourth-order valence-corrected chi connectivity index (χ4v) is 4.36. The van der Waals surface area contributed by atoms with E-state index < -0.39 is 0 Å². The number of fused-ring (bicyclic) bond motifs is 1. The molecule has 1 saturated heterocycles. The molecular weight excluding hydrogens is 387 g/mol. The van der Waals surface area contributed by atoms with Crippen LogP contribution in [0.5, 0.6) is 0 Å². The van der Waals surface area contributed by atoms with Crippen molar-refractivity contribution in [2.45, 2.75) is 31.4 Å². The maximum Gasteiger partial charge on any atom is 0.227 e. The Morgan fingerprint density at radius 1 is 1.22 bits per heavy atom. The Hall–Kier alpha value is -1.53. The van der Waals surface area contributed by atoms with Crippen LogP contribution in [0.15, 0.2) is 34.9 Å². The summed E-state index contributed by atoms with van der Waals surface area (Å²) in [5, 5.41) is 10.8. The van der Waals surface area contributed by atoms with Crippen molar-refractivity contribution in [1.29, 1.82) is 0 Å². The molecule has 27 heavy (non-hydrogen) atoms. The van der Waals surface area contributed by atoms with E-state index in [2.05, 4.69) is 4.90 Å². The molecule has 0 saturated carbocycles. The zero-order valence-corrected chi connectivity index (χ0v) is 16.4. The van der Waals surface area contributed by atoms with E-state index in [4.69, 9.17) is 27.6 Å². The molecule has 144 valence electrons. The van der Waals surface area contributed by atoms with Crippen molar-refractivity contribution >= 4 is 29.1 Å². The first-order chi connectivity index (χ1) is 13.0. The highest BCUT2D eigenvalue weighted by atomic mass is 35.5. The molecule has 1 N–H and O–H groups in total. The van der Waals surface area contributed by atoms with E-state index in [1.807, 2.05) is 17.0 Å². The molecule has 0 unspecified atom stereocenters. The number of aliphatic hydroxyl groups excluding tert-OH is 1. The second-order valence-corrected chi connectivity index (χ2v) is 8.09. The number of hydrogen-bond acceptors (Lipinski definition) is 4.